The predicted octanol–water partition coefficient (Wildman–Crippen LogP) is 2.30. The summed E-state index contributed by atoms with van der Waals surface area (Å²) in [5.74, 6) is 0.532. The van der Waals surface area contributed by atoms with Gasteiger partial charge in [-0.25, -0.2) is 9.67 Å². The van der Waals surface area contributed by atoms with Crippen molar-refractivity contribution in [3.63, 3.8) is 0 Å². The highest BCUT2D eigenvalue weighted by Crippen LogP contribution is 2.20. The zero-order chi connectivity index (χ0) is 17.9. The minimum Gasteiger partial charge on any atom is -0.267 e. The molecule has 4 heterocycles. The largest absolute Gasteiger partial charge is 0.275 e. The molecule has 26 heavy (non-hydrogen) atoms. The fraction of sp³-hybridized carbons (Fsp3) is 0.333. The van der Waals surface area contributed by atoms with Crippen molar-refractivity contribution in [2.24, 2.45) is 0 Å². The maximum atomic E-state index is 12.2. The van der Waals surface area contributed by atoms with Gasteiger partial charge in [-0.3, -0.25) is 4.79 Å². The number of hydrogen-bond donors (Lipinski definition) is 0. The van der Waals surface area contributed by atoms with Crippen molar-refractivity contribution in [1.29, 1.82) is 0 Å². The van der Waals surface area contributed by atoms with Crippen molar-refractivity contribution < 1.29 is 0 Å². The van der Waals surface area contributed by atoms with Crippen molar-refractivity contribution in [1.82, 2.24) is 34.8 Å². The second-order valence-corrected chi connectivity index (χ2v) is 8.45. The van der Waals surface area contributed by atoms with E-state index in [9.17, 15) is 4.79 Å². The second kappa shape index (κ2) is 7.64. The lowest BCUT2D eigenvalue weighted by molar-refractivity contribution is 0.550. The van der Waals surface area contributed by atoms with Crippen molar-refractivity contribution in [3.05, 3.63) is 49.5 Å². The minimum atomic E-state index is -0.154. The lowest BCUT2D eigenvalue weighted by Gasteiger charge is -2.03. The molecule has 0 atom stereocenters. The van der Waals surface area contributed by atoms with Gasteiger partial charge in [0.2, 0.25) is 10.1 Å². The van der Waals surface area contributed by atoms with E-state index in [0.717, 1.165) is 29.6 Å². The third kappa shape index (κ3) is 3.69. The molecule has 11 heteroatoms. The van der Waals surface area contributed by atoms with Crippen molar-refractivity contribution in [2.75, 3.05) is 0 Å². The van der Waals surface area contributed by atoms with Gasteiger partial charge in [0.15, 0.2) is 0 Å². The first-order valence-corrected chi connectivity index (χ1v) is 10.7. The lowest BCUT2D eigenvalue weighted by atomic mass is 10.3. The highest BCUT2D eigenvalue weighted by atomic mass is 32.2. The van der Waals surface area contributed by atoms with Gasteiger partial charge >= 0.3 is 0 Å². The molecule has 134 valence electrons. The summed E-state index contributed by atoms with van der Waals surface area (Å²) in [6.45, 7) is 2.73. The molecule has 8 nitrogen and oxygen atoms in total. The van der Waals surface area contributed by atoms with Crippen LogP contribution in [-0.2, 0) is 25.1 Å². The topological polar surface area (TPSA) is 90.9 Å². The summed E-state index contributed by atoms with van der Waals surface area (Å²) in [5, 5.41) is 19.9. The molecule has 4 rings (SSSR count). The van der Waals surface area contributed by atoms with Gasteiger partial charge < -0.3 is 0 Å². The van der Waals surface area contributed by atoms with Crippen LogP contribution in [-0.4, -0.2) is 34.8 Å². The Balaban J connectivity index is 1.46. The van der Waals surface area contributed by atoms with Crippen LogP contribution in [0.4, 0.5) is 0 Å². The van der Waals surface area contributed by atoms with E-state index in [1.807, 2.05) is 13.0 Å². The fourth-order valence-electron chi connectivity index (χ4n) is 2.36. The molecule has 0 N–H and O–H groups in total. The van der Waals surface area contributed by atoms with E-state index in [-0.39, 0.29) is 5.56 Å². The molecule has 0 fully saturated rings. The Morgan fingerprint density at radius 3 is 3.08 bits per heavy atom. The van der Waals surface area contributed by atoms with E-state index in [1.54, 1.807) is 16.0 Å². The molecule has 0 amide bonds. The molecule has 0 aliphatic carbocycles. The minimum absolute atomic E-state index is 0.154. The van der Waals surface area contributed by atoms with Crippen LogP contribution in [0.1, 0.15) is 22.5 Å². The average molecular weight is 406 g/mol. The van der Waals surface area contributed by atoms with Crippen LogP contribution in [0.15, 0.2) is 33.5 Å². The van der Waals surface area contributed by atoms with E-state index in [1.165, 1.54) is 38.6 Å². The van der Waals surface area contributed by atoms with Crippen LogP contribution < -0.4 is 5.56 Å². The summed E-state index contributed by atoms with van der Waals surface area (Å²) >= 11 is 4.65. The molecule has 0 saturated heterocycles. The highest BCUT2D eigenvalue weighted by Gasteiger charge is 2.11. The van der Waals surface area contributed by atoms with Crippen LogP contribution in [0.5, 0.6) is 0 Å². The molecule has 0 aliphatic rings. The number of thioether (sulfide) groups is 1. The number of fused-ring (bicyclic) bond motifs is 1. The Hall–Kier alpha value is -2.11. The van der Waals surface area contributed by atoms with Crippen molar-refractivity contribution >= 4 is 39.4 Å². The number of rotatable bonds is 7. The first-order valence-electron chi connectivity index (χ1n) is 8.03. The summed E-state index contributed by atoms with van der Waals surface area (Å²) in [6, 6.07) is 5.67. The maximum Gasteiger partial charge on any atom is 0.275 e. The van der Waals surface area contributed by atoms with E-state index in [4.69, 9.17) is 0 Å². The van der Waals surface area contributed by atoms with Gasteiger partial charge in [0.25, 0.3) is 5.56 Å². The zero-order valence-electron chi connectivity index (χ0n) is 13.9. The number of thiophene rings is 1. The highest BCUT2D eigenvalue weighted by molar-refractivity contribution is 7.98. The molecule has 4 aromatic rings. The molecular formula is C15H15N7OS3. The summed E-state index contributed by atoms with van der Waals surface area (Å²) < 4.78 is 3.15. The molecule has 0 radical (unpaired) electrons. The average Bonchev–Trinajstić information content (AvgIpc) is 3.38. The smallest absolute Gasteiger partial charge is 0.267 e. The van der Waals surface area contributed by atoms with E-state index < -0.39 is 0 Å². The molecule has 0 unspecified atom stereocenters. The standard InChI is InChI=1S/C15H15N7OS3/c1-2-12-18-22-13(23)8-10(16-14(22)26-12)9-25-15-17-19-20-21(15)6-5-11-4-3-7-24-11/h3-4,7-8H,2,5-6,9H2,1H3. The predicted molar refractivity (Wildman–Crippen MR) is 102 cm³/mol. The van der Waals surface area contributed by atoms with E-state index in [2.05, 4.69) is 37.1 Å². The van der Waals surface area contributed by atoms with Crippen LogP contribution >= 0.6 is 34.4 Å². The van der Waals surface area contributed by atoms with Crippen LogP contribution in [0.2, 0.25) is 0 Å². The SMILES string of the molecule is CCc1nn2c(=O)cc(CSc3nnnn3CCc3cccs3)nc2s1. The fourth-order valence-corrected chi connectivity index (χ4v) is 4.71. The van der Waals surface area contributed by atoms with Crippen LogP contribution in [0, 0.1) is 0 Å². The normalized spacial score (nSPS) is 11.4. The molecule has 0 spiro atoms. The number of nitrogens with zero attached hydrogens (tertiary/aromatic N) is 7. The third-order valence-electron chi connectivity index (χ3n) is 3.64. The summed E-state index contributed by atoms with van der Waals surface area (Å²) in [6.07, 6.45) is 1.68. The van der Waals surface area contributed by atoms with Gasteiger partial charge in [0.05, 0.1) is 12.2 Å². The Kier molecular flexibility index (Phi) is 5.09. The summed E-state index contributed by atoms with van der Waals surface area (Å²) in [5.41, 5.74) is 0.554. The van der Waals surface area contributed by atoms with Gasteiger partial charge in [-0.1, -0.05) is 36.1 Å². The first-order chi connectivity index (χ1) is 12.7. The number of aromatic nitrogens is 7. The van der Waals surface area contributed by atoms with Crippen LogP contribution in [0.3, 0.4) is 0 Å². The zero-order valence-corrected chi connectivity index (χ0v) is 16.4. The Morgan fingerprint density at radius 1 is 1.35 bits per heavy atom. The first kappa shape index (κ1) is 17.3. The lowest BCUT2D eigenvalue weighted by Crippen LogP contribution is -2.15. The van der Waals surface area contributed by atoms with Gasteiger partial charge in [0, 0.05) is 23.1 Å². The molecule has 0 saturated carbocycles. The molecular weight excluding hydrogens is 390 g/mol. The Bertz CT molecular complexity index is 1070. The second-order valence-electron chi connectivity index (χ2n) is 5.43. The summed E-state index contributed by atoms with van der Waals surface area (Å²) in [4.78, 5) is 18.7. The van der Waals surface area contributed by atoms with Crippen LogP contribution in [0.25, 0.3) is 4.96 Å². The van der Waals surface area contributed by atoms with Gasteiger partial charge in [-0.15, -0.1) is 16.4 Å². The number of aryl methyl sites for hydroxylation is 3. The van der Waals surface area contributed by atoms with Gasteiger partial charge in [-0.05, 0) is 28.3 Å². The monoisotopic (exact) mass is 405 g/mol. The van der Waals surface area contributed by atoms with Gasteiger partial charge in [-0.2, -0.15) is 9.61 Å². The number of hydrogen-bond acceptors (Lipinski definition) is 9. The summed E-state index contributed by atoms with van der Waals surface area (Å²) in [7, 11) is 0. The van der Waals surface area contributed by atoms with Crippen molar-refractivity contribution in [3.8, 4) is 0 Å². The maximum absolute atomic E-state index is 12.2. The Labute approximate surface area is 160 Å². The molecule has 0 aliphatic heterocycles. The van der Waals surface area contributed by atoms with E-state index >= 15 is 0 Å². The quantitative estimate of drug-likeness (QED) is 0.436. The molecule has 0 aromatic carbocycles. The third-order valence-corrected chi connectivity index (χ3v) is 6.62. The number of tetrazole rings is 1. The Morgan fingerprint density at radius 2 is 2.27 bits per heavy atom. The van der Waals surface area contributed by atoms with Crippen molar-refractivity contribution in [2.45, 2.75) is 37.2 Å². The van der Waals surface area contributed by atoms with Gasteiger partial charge in [0.1, 0.15) is 5.01 Å². The molecule has 4 aromatic heterocycles. The van der Waals surface area contributed by atoms with E-state index in [0.29, 0.717) is 16.4 Å². The molecule has 0 bridgehead atoms.